The largest absolute Gasteiger partial charge is 0.388 e. The van der Waals surface area contributed by atoms with Gasteiger partial charge in [0.25, 0.3) is 0 Å². The molecule has 0 aromatic rings. The van der Waals surface area contributed by atoms with Gasteiger partial charge in [-0.15, -0.1) is 0 Å². The van der Waals surface area contributed by atoms with E-state index in [1.54, 1.807) is 7.11 Å². The van der Waals surface area contributed by atoms with Crippen molar-refractivity contribution in [2.75, 3.05) is 7.11 Å². The molecular formula is C10H23NO2. The van der Waals surface area contributed by atoms with Crippen molar-refractivity contribution in [2.45, 2.75) is 58.1 Å². The molecule has 0 aliphatic rings. The number of rotatable bonds is 7. The highest BCUT2D eigenvalue weighted by Crippen LogP contribution is 2.23. The van der Waals surface area contributed by atoms with E-state index in [2.05, 4.69) is 19.3 Å². The van der Waals surface area contributed by atoms with Gasteiger partial charge in [-0.1, -0.05) is 26.7 Å². The van der Waals surface area contributed by atoms with E-state index < -0.39 is 5.60 Å². The van der Waals surface area contributed by atoms with Crippen LogP contribution in [0.3, 0.4) is 0 Å². The molecule has 2 N–H and O–H groups in total. The van der Waals surface area contributed by atoms with Gasteiger partial charge < -0.3 is 9.94 Å². The van der Waals surface area contributed by atoms with Crippen molar-refractivity contribution in [3.8, 4) is 0 Å². The molecular weight excluding hydrogens is 166 g/mol. The molecule has 0 fully saturated rings. The minimum atomic E-state index is -0.625. The van der Waals surface area contributed by atoms with Crippen LogP contribution in [-0.2, 0) is 4.84 Å². The average molecular weight is 189 g/mol. The first kappa shape index (κ1) is 12.9. The lowest BCUT2D eigenvalue weighted by Crippen LogP contribution is -2.48. The molecule has 0 heterocycles. The SMILES string of the molecule is CCCC(O)(CCC)C(C)NOC. The Morgan fingerprint density at radius 2 is 1.77 bits per heavy atom. The monoisotopic (exact) mass is 189 g/mol. The van der Waals surface area contributed by atoms with Crippen molar-refractivity contribution in [3.63, 3.8) is 0 Å². The lowest BCUT2D eigenvalue weighted by molar-refractivity contribution is -0.0635. The molecule has 0 aromatic heterocycles. The van der Waals surface area contributed by atoms with Crippen molar-refractivity contribution in [1.82, 2.24) is 5.48 Å². The molecule has 3 nitrogen and oxygen atoms in total. The second kappa shape index (κ2) is 6.35. The Kier molecular flexibility index (Phi) is 6.29. The van der Waals surface area contributed by atoms with Crippen LogP contribution in [0.25, 0.3) is 0 Å². The number of aliphatic hydroxyl groups is 1. The summed E-state index contributed by atoms with van der Waals surface area (Å²) >= 11 is 0. The summed E-state index contributed by atoms with van der Waals surface area (Å²) in [5, 5.41) is 10.3. The number of hydroxylamine groups is 1. The maximum atomic E-state index is 10.3. The smallest absolute Gasteiger partial charge is 0.0819 e. The van der Waals surface area contributed by atoms with Gasteiger partial charge in [-0.3, -0.25) is 0 Å². The third-order valence-electron chi connectivity index (χ3n) is 2.47. The van der Waals surface area contributed by atoms with E-state index in [1.807, 2.05) is 6.92 Å². The highest BCUT2D eigenvalue weighted by molar-refractivity contribution is 4.86. The van der Waals surface area contributed by atoms with Crippen LogP contribution in [0.4, 0.5) is 0 Å². The second-order valence-corrected chi connectivity index (χ2v) is 3.65. The molecule has 0 saturated carbocycles. The van der Waals surface area contributed by atoms with Gasteiger partial charge >= 0.3 is 0 Å². The lowest BCUT2D eigenvalue weighted by atomic mass is 9.86. The Hall–Kier alpha value is -0.120. The van der Waals surface area contributed by atoms with E-state index in [0.717, 1.165) is 25.7 Å². The molecule has 0 rings (SSSR count). The van der Waals surface area contributed by atoms with Gasteiger partial charge in [0.05, 0.1) is 18.8 Å². The topological polar surface area (TPSA) is 41.5 Å². The fourth-order valence-corrected chi connectivity index (χ4v) is 1.71. The van der Waals surface area contributed by atoms with Gasteiger partial charge in [-0.25, -0.2) is 0 Å². The molecule has 0 aromatic carbocycles. The molecule has 0 amide bonds. The normalized spacial score (nSPS) is 14.5. The van der Waals surface area contributed by atoms with Gasteiger partial charge in [0, 0.05) is 0 Å². The van der Waals surface area contributed by atoms with E-state index in [1.165, 1.54) is 0 Å². The molecule has 3 heteroatoms. The predicted octanol–water partition coefficient (Wildman–Crippen LogP) is 1.86. The summed E-state index contributed by atoms with van der Waals surface area (Å²) in [5.74, 6) is 0. The minimum Gasteiger partial charge on any atom is -0.388 e. The van der Waals surface area contributed by atoms with E-state index in [0.29, 0.717) is 0 Å². The van der Waals surface area contributed by atoms with Crippen molar-refractivity contribution >= 4 is 0 Å². The van der Waals surface area contributed by atoms with Crippen LogP contribution in [0.1, 0.15) is 46.5 Å². The summed E-state index contributed by atoms with van der Waals surface area (Å²) in [7, 11) is 1.58. The molecule has 0 saturated heterocycles. The Morgan fingerprint density at radius 3 is 2.08 bits per heavy atom. The van der Waals surface area contributed by atoms with Gasteiger partial charge in [0.2, 0.25) is 0 Å². The van der Waals surface area contributed by atoms with Crippen molar-refractivity contribution in [2.24, 2.45) is 0 Å². The maximum Gasteiger partial charge on any atom is 0.0819 e. The van der Waals surface area contributed by atoms with E-state index in [9.17, 15) is 5.11 Å². The molecule has 80 valence electrons. The van der Waals surface area contributed by atoms with Crippen LogP contribution >= 0.6 is 0 Å². The zero-order valence-electron chi connectivity index (χ0n) is 9.26. The van der Waals surface area contributed by atoms with Crippen molar-refractivity contribution < 1.29 is 9.94 Å². The molecule has 0 spiro atoms. The number of hydrogen-bond acceptors (Lipinski definition) is 3. The van der Waals surface area contributed by atoms with Gasteiger partial charge in [-0.05, 0) is 19.8 Å². The van der Waals surface area contributed by atoms with Crippen LogP contribution in [-0.4, -0.2) is 23.9 Å². The minimum absolute atomic E-state index is 0.0163. The van der Waals surface area contributed by atoms with Crippen LogP contribution in [0, 0.1) is 0 Å². The Labute approximate surface area is 81.4 Å². The Morgan fingerprint density at radius 1 is 1.31 bits per heavy atom. The molecule has 1 atom stereocenters. The zero-order chi connectivity index (χ0) is 10.3. The summed E-state index contributed by atoms with van der Waals surface area (Å²) < 4.78 is 0. The average Bonchev–Trinajstić information content (AvgIpc) is 2.05. The van der Waals surface area contributed by atoms with Crippen LogP contribution in [0.15, 0.2) is 0 Å². The zero-order valence-corrected chi connectivity index (χ0v) is 9.26. The van der Waals surface area contributed by atoms with Crippen LogP contribution in [0.2, 0.25) is 0 Å². The third kappa shape index (κ3) is 4.07. The van der Waals surface area contributed by atoms with Gasteiger partial charge in [0.1, 0.15) is 0 Å². The molecule has 0 aliphatic heterocycles. The van der Waals surface area contributed by atoms with E-state index in [4.69, 9.17) is 4.84 Å². The number of nitrogens with one attached hydrogen (secondary N) is 1. The quantitative estimate of drug-likeness (QED) is 0.601. The summed E-state index contributed by atoms with van der Waals surface area (Å²) in [4.78, 5) is 4.83. The standard InChI is InChI=1S/C10H23NO2/c1-5-7-10(12,8-6-2)9(3)11-13-4/h9,11-12H,5-8H2,1-4H3. The molecule has 1 unspecified atom stereocenters. The first-order valence-electron chi connectivity index (χ1n) is 5.11. The highest BCUT2D eigenvalue weighted by Gasteiger charge is 2.31. The second-order valence-electron chi connectivity index (χ2n) is 3.65. The first-order valence-corrected chi connectivity index (χ1v) is 5.11. The van der Waals surface area contributed by atoms with Gasteiger partial charge in [-0.2, -0.15) is 5.48 Å². The van der Waals surface area contributed by atoms with Gasteiger partial charge in [0.15, 0.2) is 0 Å². The third-order valence-corrected chi connectivity index (χ3v) is 2.47. The molecule has 13 heavy (non-hydrogen) atoms. The van der Waals surface area contributed by atoms with Crippen LogP contribution < -0.4 is 5.48 Å². The Bertz CT molecular complexity index is 122. The van der Waals surface area contributed by atoms with E-state index in [-0.39, 0.29) is 6.04 Å². The summed E-state index contributed by atoms with van der Waals surface area (Å²) in [5.41, 5.74) is 2.18. The first-order chi connectivity index (χ1) is 6.10. The van der Waals surface area contributed by atoms with E-state index >= 15 is 0 Å². The summed E-state index contributed by atoms with van der Waals surface area (Å²) in [6.45, 7) is 6.12. The fourth-order valence-electron chi connectivity index (χ4n) is 1.71. The fraction of sp³-hybridized carbons (Fsp3) is 1.00. The molecule has 0 radical (unpaired) electrons. The Balaban J connectivity index is 4.18. The molecule has 0 bridgehead atoms. The maximum absolute atomic E-state index is 10.3. The predicted molar refractivity (Wildman–Crippen MR) is 54.4 cm³/mol. The number of hydrogen-bond donors (Lipinski definition) is 2. The summed E-state index contributed by atoms with van der Waals surface area (Å²) in [6, 6.07) is -0.0163. The highest BCUT2D eigenvalue weighted by atomic mass is 16.6. The molecule has 0 aliphatic carbocycles. The van der Waals surface area contributed by atoms with Crippen molar-refractivity contribution in [1.29, 1.82) is 0 Å². The van der Waals surface area contributed by atoms with Crippen molar-refractivity contribution in [3.05, 3.63) is 0 Å². The summed E-state index contributed by atoms with van der Waals surface area (Å²) in [6.07, 6.45) is 3.62. The van der Waals surface area contributed by atoms with Crippen LogP contribution in [0.5, 0.6) is 0 Å². The lowest BCUT2D eigenvalue weighted by Gasteiger charge is -2.33.